The zero-order chi connectivity index (χ0) is 11.0. The quantitative estimate of drug-likeness (QED) is 0.574. The van der Waals surface area contributed by atoms with Gasteiger partial charge in [-0.25, -0.2) is 0 Å². The summed E-state index contributed by atoms with van der Waals surface area (Å²) in [6, 6.07) is -0.359. The van der Waals surface area contributed by atoms with Crippen molar-refractivity contribution in [3.63, 3.8) is 0 Å². The van der Waals surface area contributed by atoms with Gasteiger partial charge in [-0.15, -0.1) is 0 Å². The molecule has 1 aromatic rings. The lowest BCUT2D eigenvalue weighted by molar-refractivity contribution is 0.819. The molecule has 0 bridgehead atoms. The van der Waals surface area contributed by atoms with Gasteiger partial charge in [0.1, 0.15) is 0 Å². The standard InChI is InChI=1S/C8H6Cl5N/c1-2(14)3-4(9)6(11)8(13)7(12)5(3)10/h2H,14H2,1H3/t2-/m1/s1. The number of hydrogen-bond donors (Lipinski definition) is 1. The predicted octanol–water partition coefficient (Wildman–Crippen LogP) is 4.97. The molecule has 78 valence electrons. The molecule has 1 aromatic carbocycles. The normalized spacial score (nSPS) is 13.1. The van der Waals surface area contributed by atoms with Crippen molar-refractivity contribution >= 4 is 58.0 Å². The third kappa shape index (κ3) is 2.08. The molecule has 1 atom stereocenters. The van der Waals surface area contributed by atoms with Gasteiger partial charge in [0.25, 0.3) is 0 Å². The number of rotatable bonds is 1. The molecule has 2 N–H and O–H groups in total. The van der Waals surface area contributed by atoms with Crippen LogP contribution in [0.3, 0.4) is 0 Å². The first kappa shape index (κ1) is 12.7. The number of hydrogen-bond acceptors (Lipinski definition) is 1. The highest BCUT2D eigenvalue weighted by Crippen LogP contribution is 2.45. The van der Waals surface area contributed by atoms with Gasteiger partial charge in [-0.3, -0.25) is 0 Å². The van der Waals surface area contributed by atoms with E-state index in [2.05, 4.69) is 0 Å². The molecule has 6 heteroatoms. The Morgan fingerprint density at radius 2 is 1.07 bits per heavy atom. The summed E-state index contributed by atoms with van der Waals surface area (Å²) in [7, 11) is 0. The Morgan fingerprint density at radius 1 is 0.786 bits per heavy atom. The maximum absolute atomic E-state index is 5.93. The second kappa shape index (κ2) is 4.65. The van der Waals surface area contributed by atoms with E-state index in [-0.39, 0.29) is 31.2 Å². The summed E-state index contributed by atoms with van der Waals surface area (Å²) < 4.78 is 0. The fraction of sp³-hybridized carbons (Fsp3) is 0.250. The summed E-state index contributed by atoms with van der Waals surface area (Å²) in [6.07, 6.45) is 0. The molecule has 0 amide bonds. The fourth-order valence-electron chi connectivity index (χ4n) is 1.02. The molecule has 0 aliphatic heterocycles. The van der Waals surface area contributed by atoms with Gasteiger partial charge in [-0.1, -0.05) is 58.0 Å². The van der Waals surface area contributed by atoms with Crippen LogP contribution >= 0.6 is 58.0 Å². The van der Waals surface area contributed by atoms with E-state index in [0.29, 0.717) is 5.56 Å². The maximum Gasteiger partial charge on any atom is 0.0809 e. The van der Waals surface area contributed by atoms with E-state index in [1.54, 1.807) is 6.92 Å². The van der Waals surface area contributed by atoms with Gasteiger partial charge in [0, 0.05) is 11.6 Å². The summed E-state index contributed by atoms with van der Waals surface area (Å²) >= 11 is 29.3. The highest BCUT2D eigenvalue weighted by molar-refractivity contribution is 6.55. The van der Waals surface area contributed by atoms with Crippen molar-refractivity contribution in [3.05, 3.63) is 30.7 Å². The first-order chi connectivity index (χ1) is 6.37. The van der Waals surface area contributed by atoms with Crippen molar-refractivity contribution in [3.8, 4) is 0 Å². The van der Waals surface area contributed by atoms with Crippen LogP contribution in [0.5, 0.6) is 0 Å². The van der Waals surface area contributed by atoms with Crippen LogP contribution < -0.4 is 5.73 Å². The Bertz CT molecular complexity index is 345. The Morgan fingerprint density at radius 3 is 1.36 bits per heavy atom. The van der Waals surface area contributed by atoms with E-state index in [4.69, 9.17) is 63.7 Å². The Kier molecular flexibility index (Phi) is 4.22. The van der Waals surface area contributed by atoms with E-state index < -0.39 is 0 Å². The highest BCUT2D eigenvalue weighted by atomic mass is 35.5. The SMILES string of the molecule is C[C@@H](N)c1c(Cl)c(Cl)c(Cl)c(Cl)c1Cl. The van der Waals surface area contributed by atoms with Crippen molar-refractivity contribution in [2.75, 3.05) is 0 Å². The molecule has 0 unspecified atom stereocenters. The van der Waals surface area contributed by atoms with E-state index >= 15 is 0 Å². The first-order valence-corrected chi connectivity index (χ1v) is 5.53. The predicted molar refractivity (Wildman–Crippen MR) is 64.1 cm³/mol. The molecule has 1 nitrogen and oxygen atoms in total. The van der Waals surface area contributed by atoms with Gasteiger partial charge < -0.3 is 5.73 Å². The zero-order valence-corrected chi connectivity index (χ0v) is 10.8. The second-order valence-corrected chi connectivity index (χ2v) is 4.66. The molecule has 0 saturated heterocycles. The first-order valence-electron chi connectivity index (χ1n) is 3.64. The van der Waals surface area contributed by atoms with Crippen molar-refractivity contribution in [2.24, 2.45) is 5.73 Å². The summed E-state index contributed by atoms with van der Waals surface area (Å²) in [6.45, 7) is 1.73. The second-order valence-electron chi connectivity index (χ2n) is 2.77. The van der Waals surface area contributed by atoms with Crippen LogP contribution in [0.4, 0.5) is 0 Å². The minimum absolute atomic E-state index is 0.146. The van der Waals surface area contributed by atoms with Gasteiger partial charge in [-0.05, 0) is 6.92 Å². The van der Waals surface area contributed by atoms with Crippen LogP contribution in [0, 0.1) is 0 Å². The van der Waals surface area contributed by atoms with Crippen LogP contribution in [0.1, 0.15) is 18.5 Å². The van der Waals surface area contributed by atoms with Crippen molar-refractivity contribution in [2.45, 2.75) is 13.0 Å². The lowest BCUT2D eigenvalue weighted by atomic mass is 10.1. The van der Waals surface area contributed by atoms with E-state index in [0.717, 1.165) is 0 Å². The van der Waals surface area contributed by atoms with E-state index in [9.17, 15) is 0 Å². The van der Waals surface area contributed by atoms with Gasteiger partial charge in [0.2, 0.25) is 0 Å². The Labute approximate surface area is 107 Å². The smallest absolute Gasteiger partial charge is 0.0809 e. The molecule has 0 saturated carbocycles. The molecule has 0 radical (unpaired) electrons. The third-order valence-electron chi connectivity index (χ3n) is 1.70. The summed E-state index contributed by atoms with van der Waals surface area (Å²) in [5.74, 6) is 0. The molecule has 0 aliphatic carbocycles. The topological polar surface area (TPSA) is 26.0 Å². The number of halogens is 5. The molecule has 0 fully saturated rings. The van der Waals surface area contributed by atoms with Gasteiger partial charge >= 0.3 is 0 Å². The Hall–Kier alpha value is 0.630. The van der Waals surface area contributed by atoms with Crippen LogP contribution in [0.15, 0.2) is 0 Å². The van der Waals surface area contributed by atoms with Crippen LogP contribution in [0.2, 0.25) is 25.1 Å². The summed E-state index contributed by atoms with van der Waals surface area (Å²) in [5, 5.41) is 1.000. The average Bonchev–Trinajstić information content (AvgIpc) is 2.11. The van der Waals surface area contributed by atoms with E-state index in [1.165, 1.54) is 0 Å². The van der Waals surface area contributed by atoms with Crippen LogP contribution in [-0.2, 0) is 0 Å². The number of nitrogens with two attached hydrogens (primary N) is 1. The lowest BCUT2D eigenvalue weighted by Gasteiger charge is -2.14. The van der Waals surface area contributed by atoms with Crippen molar-refractivity contribution in [1.29, 1.82) is 0 Å². The van der Waals surface area contributed by atoms with Gasteiger partial charge in [0.05, 0.1) is 25.1 Å². The third-order valence-corrected chi connectivity index (χ3v) is 4.01. The highest BCUT2D eigenvalue weighted by Gasteiger charge is 2.20. The summed E-state index contributed by atoms with van der Waals surface area (Å²) in [5.41, 5.74) is 6.18. The van der Waals surface area contributed by atoms with Crippen molar-refractivity contribution in [1.82, 2.24) is 0 Å². The maximum atomic E-state index is 5.93. The molecule has 0 aliphatic rings. The zero-order valence-electron chi connectivity index (χ0n) is 7.04. The minimum Gasteiger partial charge on any atom is -0.324 e. The Balaban J connectivity index is 3.60. The fourth-order valence-corrected chi connectivity index (χ4v) is 2.52. The van der Waals surface area contributed by atoms with Crippen LogP contribution in [0.25, 0.3) is 0 Å². The van der Waals surface area contributed by atoms with Gasteiger partial charge in [0.15, 0.2) is 0 Å². The van der Waals surface area contributed by atoms with Crippen LogP contribution in [-0.4, -0.2) is 0 Å². The minimum atomic E-state index is -0.359. The largest absolute Gasteiger partial charge is 0.324 e. The average molecular weight is 293 g/mol. The molecule has 14 heavy (non-hydrogen) atoms. The molecular weight excluding hydrogens is 287 g/mol. The number of benzene rings is 1. The monoisotopic (exact) mass is 291 g/mol. The van der Waals surface area contributed by atoms with Crippen molar-refractivity contribution < 1.29 is 0 Å². The molecule has 1 rings (SSSR count). The van der Waals surface area contributed by atoms with Gasteiger partial charge in [-0.2, -0.15) is 0 Å². The molecule has 0 aromatic heterocycles. The molecule has 0 spiro atoms. The molecular formula is C8H6Cl5N. The lowest BCUT2D eigenvalue weighted by Crippen LogP contribution is -2.07. The molecule has 0 heterocycles. The van der Waals surface area contributed by atoms with E-state index in [1.807, 2.05) is 0 Å². The summed E-state index contributed by atoms with van der Waals surface area (Å²) in [4.78, 5) is 0.